The SMILES string of the molecule is CC1CCN(C(=O)C2CCCN(C(=O)Cc3ccc(F)cc3)C2)C(CN)C1.Cl. The van der Waals surface area contributed by atoms with Gasteiger partial charge in [-0.25, -0.2) is 4.39 Å². The Morgan fingerprint density at radius 1 is 1.18 bits per heavy atom. The molecule has 2 N–H and O–H groups in total. The number of amides is 2. The van der Waals surface area contributed by atoms with Crippen LogP contribution in [-0.4, -0.2) is 53.8 Å². The van der Waals surface area contributed by atoms with Gasteiger partial charge in [-0.3, -0.25) is 9.59 Å². The van der Waals surface area contributed by atoms with Crippen LogP contribution >= 0.6 is 12.4 Å². The van der Waals surface area contributed by atoms with E-state index in [-0.39, 0.29) is 48.4 Å². The Bertz CT molecular complexity index is 670. The first-order valence-electron chi connectivity index (χ1n) is 10.0. The summed E-state index contributed by atoms with van der Waals surface area (Å²) in [6.07, 6.45) is 3.88. The maximum absolute atomic E-state index is 13.1. The molecule has 0 saturated carbocycles. The molecule has 0 bridgehead atoms. The number of piperidine rings is 2. The molecule has 2 aliphatic heterocycles. The lowest BCUT2D eigenvalue weighted by Crippen LogP contribution is -2.54. The van der Waals surface area contributed by atoms with Crippen molar-refractivity contribution in [2.45, 2.75) is 45.1 Å². The van der Waals surface area contributed by atoms with Gasteiger partial charge in [-0.1, -0.05) is 19.1 Å². The van der Waals surface area contributed by atoms with Crippen molar-refractivity contribution >= 4 is 24.2 Å². The molecule has 0 aliphatic carbocycles. The molecule has 2 amide bonds. The van der Waals surface area contributed by atoms with Crippen molar-refractivity contribution in [1.29, 1.82) is 0 Å². The highest BCUT2D eigenvalue weighted by molar-refractivity contribution is 5.85. The van der Waals surface area contributed by atoms with Crippen LogP contribution in [-0.2, 0) is 16.0 Å². The van der Waals surface area contributed by atoms with Gasteiger partial charge in [0.1, 0.15) is 5.82 Å². The molecule has 1 aromatic rings. The summed E-state index contributed by atoms with van der Waals surface area (Å²) in [5.74, 6) is 0.305. The van der Waals surface area contributed by atoms with E-state index in [0.29, 0.717) is 25.6 Å². The molecular weight excluding hydrogens is 381 g/mol. The second-order valence-electron chi connectivity index (χ2n) is 8.03. The second kappa shape index (κ2) is 10.2. The molecule has 3 rings (SSSR count). The van der Waals surface area contributed by atoms with E-state index in [2.05, 4.69) is 6.92 Å². The fourth-order valence-electron chi connectivity index (χ4n) is 4.29. The molecule has 2 fully saturated rings. The van der Waals surface area contributed by atoms with E-state index in [0.717, 1.165) is 37.8 Å². The first-order chi connectivity index (χ1) is 13.0. The van der Waals surface area contributed by atoms with Gasteiger partial charge in [0.15, 0.2) is 0 Å². The van der Waals surface area contributed by atoms with E-state index in [9.17, 15) is 14.0 Å². The van der Waals surface area contributed by atoms with Crippen LogP contribution in [0.2, 0.25) is 0 Å². The van der Waals surface area contributed by atoms with Crippen molar-refractivity contribution in [3.8, 4) is 0 Å². The smallest absolute Gasteiger partial charge is 0.227 e. The average Bonchev–Trinajstić information content (AvgIpc) is 2.69. The van der Waals surface area contributed by atoms with E-state index in [1.807, 2.05) is 4.90 Å². The summed E-state index contributed by atoms with van der Waals surface area (Å²) in [6.45, 7) is 4.63. The Labute approximate surface area is 172 Å². The van der Waals surface area contributed by atoms with Gasteiger partial charge in [0.2, 0.25) is 11.8 Å². The molecule has 2 saturated heterocycles. The number of nitrogens with two attached hydrogens (primary N) is 1. The number of hydrogen-bond donors (Lipinski definition) is 1. The number of carbonyl (C=O) groups excluding carboxylic acids is 2. The number of likely N-dealkylation sites (tertiary alicyclic amines) is 2. The first kappa shape index (κ1) is 22.6. The molecule has 2 aliphatic rings. The molecule has 7 heteroatoms. The van der Waals surface area contributed by atoms with E-state index >= 15 is 0 Å². The average molecular weight is 412 g/mol. The normalized spacial score (nSPS) is 25.2. The van der Waals surface area contributed by atoms with Crippen LogP contribution in [0.4, 0.5) is 4.39 Å². The molecule has 2 heterocycles. The predicted molar refractivity (Wildman–Crippen MR) is 110 cm³/mol. The predicted octanol–water partition coefficient (Wildman–Crippen LogP) is 2.61. The zero-order valence-corrected chi connectivity index (χ0v) is 17.3. The topological polar surface area (TPSA) is 66.6 Å². The van der Waals surface area contributed by atoms with Crippen LogP contribution in [0.15, 0.2) is 24.3 Å². The maximum Gasteiger partial charge on any atom is 0.227 e. The van der Waals surface area contributed by atoms with Gasteiger partial charge in [0, 0.05) is 32.2 Å². The van der Waals surface area contributed by atoms with Gasteiger partial charge >= 0.3 is 0 Å². The minimum atomic E-state index is -0.305. The summed E-state index contributed by atoms with van der Waals surface area (Å²) in [4.78, 5) is 29.5. The Morgan fingerprint density at radius 3 is 2.57 bits per heavy atom. The third-order valence-electron chi connectivity index (χ3n) is 5.93. The van der Waals surface area contributed by atoms with E-state index in [1.165, 1.54) is 12.1 Å². The fraction of sp³-hybridized carbons (Fsp3) is 0.619. The number of benzene rings is 1. The van der Waals surface area contributed by atoms with Crippen molar-refractivity contribution in [3.05, 3.63) is 35.6 Å². The summed E-state index contributed by atoms with van der Waals surface area (Å²) in [5, 5.41) is 0. The summed E-state index contributed by atoms with van der Waals surface area (Å²) in [7, 11) is 0. The van der Waals surface area contributed by atoms with Crippen LogP contribution in [0.1, 0.15) is 38.2 Å². The Balaban J connectivity index is 0.00000280. The Kier molecular flexibility index (Phi) is 8.25. The van der Waals surface area contributed by atoms with Crippen LogP contribution in [0.25, 0.3) is 0 Å². The zero-order valence-electron chi connectivity index (χ0n) is 16.5. The van der Waals surface area contributed by atoms with Gasteiger partial charge in [0.25, 0.3) is 0 Å². The molecule has 28 heavy (non-hydrogen) atoms. The van der Waals surface area contributed by atoms with Gasteiger partial charge in [-0.2, -0.15) is 0 Å². The Hall–Kier alpha value is -1.66. The first-order valence-corrected chi connectivity index (χ1v) is 10.0. The van der Waals surface area contributed by atoms with Crippen molar-refractivity contribution in [2.75, 3.05) is 26.2 Å². The molecule has 0 radical (unpaired) electrons. The van der Waals surface area contributed by atoms with Crippen molar-refractivity contribution in [1.82, 2.24) is 9.80 Å². The number of nitrogens with zero attached hydrogens (tertiary/aromatic N) is 2. The van der Waals surface area contributed by atoms with Gasteiger partial charge in [-0.15, -0.1) is 12.4 Å². The highest BCUT2D eigenvalue weighted by atomic mass is 35.5. The summed E-state index contributed by atoms with van der Waals surface area (Å²) < 4.78 is 13.0. The largest absolute Gasteiger partial charge is 0.342 e. The molecule has 3 unspecified atom stereocenters. The third kappa shape index (κ3) is 5.45. The molecule has 156 valence electrons. The lowest BCUT2D eigenvalue weighted by molar-refractivity contribution is -0.143. The molecule has 0 spiro atoms. The molecular formula is C21H31ClFN3O2. The van der Waals surface area contributed by atoms with Gasteiger partial charge < -0.3 is 15.5 Å². The summed E-state index contributed by atoms with van der Waals surface area (Å²) in [6, 6.07) is 6.14. The lowest BCUT2D eigenvalue weighted by atomic mass is 9.89. The van der Waals surface area contributed by atoms with Crippen molar-refractivity contribution < 1.29 is 14.0 Å². The van der Waals surface area contributed by atoms with Crippen molar-refractivity contribution in [3.63, 3.8) is 0 Å². The van der Waals surface area contributed by atoms with E-state index < -0.39 is 0 Å². The van der Waals surface area contributed by atoms with Crippen LogP contribution in [0, 0.1) is 17.7 Å². The number of hydrogen-bond acceptors (Lipinski definition) is 3. The summed E-state index contributed by atoms with van der Waals surface area (Å²) >= 11 is 0. The number of halogens is 2. The fourth-order valence-corrected chi connectivity index (χ4v) is 4.29. The highest BCUT2D eigenvalue weighted by Gasteiger charge is 2.35. The number of carbonyl (C=O) groups is 2. The minimum absolute atomic E-state index is 0. The quantitative estimate of drug-likeness (QED) is 0.828. The van der Waals surface area contributed by atoms with Crippen molar-refractivity contribution in [2.24, 2.45) is 17.6 Å². The van der Waals surface area contributed by atoms with Crippen LogP contribution in [0.5, 0.6) is 0 Å². The number of rotatable bonds is 4. The molecule has 0 aromatic heterocycles. The lowest BCUT2D eigenvalue weighted by Gasteiger charge is -2.41. The van der Waals surface area contributed by atoms with E-state index in [4.69, 9.17) is 5.73 Å². The molecule has 5 nitrogen and oxygen atoms in total. The van der Waals surface area contributed by atoms with Crippen LogP contribution < -0.4 is 5.73 Å². The zero-order chi connectivity index (χ0) is 19.4. The standard InChI is InChI=1S/C21H30FN3O2.ClH/c1-15-8-10-25(19(11-15)13-23)21(27)17-3-2-9-24(14-17)20(26)12-16-4-6-18(22)7-5-16;/h4-7,15,17,19H,2-3,8-14,23H2,1H3;1H. The summed E-state index contributed by atoms with van der Waals surface area (Å²) in [5.41, 5.74) is 6.70. The third-order valence-corrected chi connectivity index (χ3v) is 5.93. The van der Waals surface area contributed by atoms with Crippen LogP contribution in [0.3, 0.4) is 0 Å². The minimum Gasteiger partial charge on any atom is -0.342 e. The second-order valence-corrected chi connectivity index (χ2v) is 8.03. The van der Waals surface area contributed by atoms with Gasteiger partial charge in [-0.05, 0) is 49.3 Å². The van der Waals surface area contributed by atoms with Gasteiger partial charge in [0.05, 0.1) is 12.3 Å². The Morgan fingerprint density at radius 2 is 1.89 bits per heavy atom. The monoisotopic (exact) mass is 411 g/mol. The maximum atomic E-state index is 13.1. The molecule has 3 atom stereocenters. The van der Waals surface area contributed by atoms with E-state index in [1.54, 1.807) is 17.0 Å². The molecule has 1 aromatic carbocycles. The highest BCUT2D eigenvalue weighted by Crippen LogP contribution is 2.26.